The van der Waals surface area contributed by atoms with Gasteiger partial charge in [0.1, 0.15) is 12.7 Å². The summed E-state index contributed by atoms with van der Waals surface area (Å²) < 4.78 is 11.6. The standard InChI is InChI=1S/C27H24N4O2/c1-32-24-13-19(11-12-23(24)33-15-18-7-3-2-4-8-18)25-21-10-6-5-9-20(21)22(14-28)26(31)27(25,16-29)17-30/h2-4,7-9,11-13,21,25H,5-6,10,15,31H2,1H3. The van der Waals surface area contributed by atoms with Crippen LogP contribution in [0.15, 0.2) is 71.5 Å². The van der Waals surface area contributed by atoms with Crippen molar-refractivity contribution in [3.05, 3.63) is 82.6 Å². The van der Waals surface area contributed by atoms with Gasteiger partial charge in [-0.05, 0) is 54.0 Å². The predicted octanol–water partition coefficient (Wildman–Crippen LogP) is 4.87. The van der Waals surface area contributed by atoms with Crippen molar-refractivity contribution in [2.75, 3.05) is 7.11 Å². The second-order valence-electron chi connectivity index (χ2n) is 8.29. The summed E-state index contributed by atoms with van der Waals surface area (Å²) in [5, 5.41) is 30.1. The highest BCUT2D eigenvalue weighted by Crippen LogP contribution is 2.56. The van der Waals surface area contributed by atoms with Crippen LogP contribution in [-0.4, -0.2) is 7.11 Å². The van der Waals surface area contributed by atoms with Crippen molar-refractivity contribution < 1.29 is 9.47 Å². The van der Waals surface area contributed by atoms with Crippen LogP contribution in [0.2, 0.25) is 0 Å². The Labute approximate surface area is 193 Å². The SMILES string of the molecule is COc1cc(C2C3CCCC=C3C(C#N)=C(N)C2(C#N)C#N)ccc1OCc1ccccc1. The Bertz CT molecular complexity index is 1230. The first-order chi connectivity index (χ1) is 16.1. The molecule has 6 heteroatoms. The second-order valence-corrected chi connectivity index (χ2v) is 8.29. The lowest BCUT2D eigenvalue weighted by molar-refractivity contribution is 0.282. The molecule has 2 N–H and O–H groups in total. The maximum absolute atomic E-state index is 10.2. The fourth-order valence-electron chi connectivity index (χ4n) is 4.98. The number of nitriles is 3. The average Bonchev–Trinajstić information content (AvgIpc) is 2.87. The van der Waals surface area contributed by atoms with E-state index >= 15 is 0 Å². The van der Waals surface area contributed by atoms with E-state index in [4.69, 9.17) is 15.2 Å². The molecule has 0 saturated heterocycles. The maximum atomic E-state index is 10.2. The van der Waals surface area contributed by atoms with Gasteiger partial charge in [-0.15, -0.1) is 0 Å². The molecule has 0 aromatic heterocycles. The fraction of sp³-hybridized carbons (Fsp3) is 0.296. The molecule has 2 aromatic rings. The lowest BCUT2D eigenvalue weighted by Gasteiger charge is -2.43. The van der Waals surface area contributed by atoms with Crippen LogP contribution in [0.3, 0.4) is 0 Å². The number of hydrogen-bond acceptors (Lipinski definition) is 6. The largest absolute Gasteiger partial charge is 0.493 e. The molecule has 0 spiro atoms. The highest BCUT2D eigenvalue weighted by Gasteiger charge is 2.53. The lowest BCUT2D eigenvalue weighted by atomic mass is 9.57. The van der Waals surface area contributed by atoms with Crippen LogP contribution in [0.25, 0.3) is 0 Å². The highest BCUT2D eigenvalue weighted by molar-refractivity contribution is 5.60. The molecule has 2 aliphatic rings. The smallest absolute Gasteiger partial charge is 0.191 e. The molecule has 4 rings (SSSR count). The summed E-state index contributed by atoms with van der Waals surface area (Å²) in [7, 11) is 1.56. The van der Waals surface area contributed by atoms with Gasteiger partial charge in [0.15, 0.2) is 16.9 Å². The van der Waals surface area contributed by atoms with Crippen molar-refractivity contribution in [1.29, 1.82) is 15.8 Å². The van der Waals surface area contributed by atoms with Gasteiger partial charge in [-0.1, -0.05) is 42.5 Å². The average molecular weight is 437 g/mol. The maximum Gasteiger partial charge on any atom is 0.191 e. The second kappa shape index (κ2) is 9.11. The molecule has 0 radical (unpaired) electrons. The molecule has 164 valence electrons. The molecular weight excluding hydrogens is 412 g/mol. The van der Waals surface area contributed by atoms with E-state index in [0.717, 1.165) is 36.0 Å². The summed E-state index contributed by atoms with van der Waals surface area (Å²) in [6, 6.07) is 21.8. The van der Waals surface area contributed by atoms with Gasteiger partial charge < -0.3 is 15.2 Å². The molecule has 0 bridgehead atoms. The Kier molecular flexibility index (Phi) is 6.07. The Morgan fingerprint density at radius 3 is 2.48 bits per heavy atom. The van der Waals surface area contributed by atoms with Crippen molar-refractivity contribution in [1.82, 2.24) is 0 Å². The van der Waals surface area contributed by atoms with Crippen LogP contribution in [0.4, 0.5) is 0 Å². The third kappa shape index (κ3) is 3.69. The summed E-state index contributed by atoms with van der Waals surface area (Å²) in [6.07, 6.45) is 4.57. The van der Waals surface area contributed by atoms with Gasteiger partial charge >= 0.3 is 0 Å². The van der Waals surface area contributed by atoms with E-state index in [1.165, 1.54) is 0 Å². The molecule has 2 aromatic carbocycles. The van der Waals surface area contributed by atoms with E-state index in [-0.39, 0.29) is 17.2 Å². The fourth-order valence-corrected chi connectivity index (χ4v) is 4.98. The van der Waals surface area contributed by atoms with Gasteiger partial charge in [-0.2, -0.15) is 15.8 Å². The molecule has 0 heterocycles. The van der Waals surface area contributed by atoms with Gasteiger partial charge in [-0.25, -0.2) is 0 Å². The van der Waals surface area contributed by atoms with Crippen LogP contribution in [0.5, 0.6) is 11.5 Å². The number of hydrogen-bond donors (Lipinski definition) is 1. The molecule has 0 fully saturated rings. The summed E-state index contributed by atoms with van der Waals surface area (Å²) in [6.45, 7) is 0.386. The number of ether oxygens (including phenoxy) is 2. The number of nitrogens with two attached hydrogens (primary N) is 1. The summed E-state index contributed by atoms with van der Waals surface area (Å²) in [5.41, 5.74) is 7.66. The first-order valence-corrected chi connectivity index (χ1v) is 10.9. The minimum absolute atomic E-state index is 0.0350. The Balaban J connectivity index is 1.78. The Morgan fingerprint density at radius 1 is 1.06 bits per heavy atom. The van der Waals surface area contributed by atoms with Crippen LogP contribution in [-0.2, 0) is 6.61 Å². The lowest BCUT2D eigenvalue weighted by Crippen LogP contribution is -2.42. The van der Waals surface area contributed by atoms with Gasteiger partial charge in [-0.3, -0.25) is 0 Å². The minimum atomic E-state index is -1.64. The first kappa shape index (κ1) is 22.0. The zero-order valence-corrected chi connectivity index (χ0v) is 18.4. The van der Waals surface area contributed by atoms with E-state index < -0.39 is 11.3 Å². The van der Waals surface area contributed by atoms with Crippen LogP contribution in [0.1, 0.15) is 36.3 Å². The molecule has 33 heavy (non-hydrogen) atoms. The minimum Gasteiger partial charge on any atom is -0.493 e. The van der Waals surface area contributed by atoms with Crippen molar-refractivity contribution in [3.8, 4) is 29.7 Å². The van der Waals surface area contributed by atoms with E-state index in [1.54, 1.807) is 7.11 Å². The summed E-state index contributed by atoms with van der Waals surface area (Å²) in [4.78, 5) is 0. The van der Waals surface area contributed by atoms with Gasteiger partial charge in [0, 0.05) is 5.92 Å². The van der Waals surface area contributed by atoms with Gasteiger partial charge in [0.2, 0.25) is 0 Å². The molecule has 2 atom stereocenters. The number of nitrogens with zero attached hydrogens (tertiary/aromatic N) is 3. The number of allylic oxidation sites excluding steroid dienone is 4. The third-order valence-corrected chi connectivity index (χ3v) is 6.58. The van der Waals surface area contributed by atoms with E-state index in [0.29, 0.717) is 18.1 Å². The van der Waals surface area contributed by atoms with Crippen molar-refractivity contribution >= 4 is 0 Å². The Morgan fingerprint density at radius 2 is 1.82 bits per heavy atom. The normalized spacial score (nSPS) is 21.0. The summed E-state index contributed by atoms with van der Waals surface area (Å²) >= 11 is 0. The summed E-state index contributed by atoms with van der Waals surface area (Å²) in [5.74, 6) is 0.415. The van der Waals surface area contributed by atoms with E-state index in [2.05, 4.69) is 18.2 Å². The molecule has 6 nitrogen and oxygen atoms in total. The molecule has 0 aliphatic heterocycles. The number of methoxy groups -OCH3 is 1. The topological polar surface area (TPSA) is 116 Å². The van der Waals surface area contributed by atoms with Crippen molar-refractivity contribution in [2.45, 2.75) is 31.8 Å². The number of benzene rings is 2. The molecule has 0 amide bonds. The van der Waals surface area contributed by atoms with Crippen molar-refractivity contribution in [3.63, 3.8) is 0 Å². The quantitative estimate of drug-likeness (QED) is 0.715. The molecule has 0 saturated carbocycles. The van der Waals surface area contributed by atoms with E-state index in [1.807, 2.05) is 54.6 Å². The zero-order chi connectivity index (χ0) is 23.4. The van der Waals surface area contributed by atoms with Crippen LogP contribution >= 0.6 is 0 Å². The Hall–Kier alpha value is -4.21. The number of rotatable bonds is 5. The molecule has 2 unspecified atom stereocenters. The monoisotopic (exact) mass is 436 g/mol. The number of fused-ring (bicyclic) bond motifs is 1. The predicted molar refractivity (Wildman–Crippen MR) is 122 cm³/mol. The highest BCUT2D eigenvalue weighted by atomic mass is 16.5. The first-order valence-electron chi connectivity index (χ1n) is 10.9. The molecular formula is C27H24N4O2. The van der Waals surface area contributed by atoms with Gasteiger partial charge in [0.05, 0.1) is 30.5 Å². The van der Waals surface area contributed by atoms with Gasteiger partial charge in [0.25, 0.3) is 0 Å². The van der Waals surface area contributed by atoms with Crippen molar-refractivity contribution in [2.24, 2.45) is 17.1 Å². The molecule has 2 aliphatic carbocycles. The van der Waals surface area contributed by atoms with Crippen LogP contribution < -0.4 is 15.2 Å². The van der Waals surface area contributed by atoms with E-state index in [9.17, 15) is 15.8 Å². The third-order valence-electron chi connectivity index (χ3n) is 6.58. The van der Waals surface area contributed by atoms with Crippen LogP contribution in [0, 0.1) is 45.3 Å². The zero-order valence-electron chi connectivity index (χ0n) is 18.4.